The molecule has 8 nitrogen and oxygen atoms in total. The maximum absolute atomic E-state index is 12.9. The molecule has 0 spiro atoms. The van der Waals surface area contributed by atoms with Crippen molar-refractivity contribution >= 4 is 17.9 Å². The van der Waals surface area contributed by atoms with Crippen molar-refractivity contribution < 1.29 is 19.1 Å². The molecule has 158 valence electrons. The molecular weight excluding hydrogens is 372 g/mol. The number of aryl methyl sites for hydroxylation is 1. The summed E-state index contributed by atoms with van der Waals surface area (Å²) in [5.74, 6) is -0.145. The number of carbonyl (C=O) groups excluding carboxylic acids is 3. The van der Waals surface area contributed by atoms with Crippen LogP contribution >= 0.6 is 0 Å². The first-order valence-corrected chi connectivity index (χ1v) is 10.2. The SMILES string of the molecule is CCOC(=O)N1CCN(C(=O)CC2C(=O)NCCN2Cc2ccccc2C)CC1. The minimum absolute atomic E-state index is 0.0506. The molecule has 0 aromatic heterocycles. The first-order valence-electron chi connectivity index (χ1n) is 10.2. The van der Waals surface area contributed by atoms with Crippen molar-refractivity contribution in [3.63, 3.8) is 0 Å². The summed E-state index contributed by atoms with van der Waals surface area (Å²) in [6, 6.07) is 7.64. The van der Waals surface area contributed by atoms with Gasteiger partial charge in [0.2, 0.25) is 11.8 Å². The van der Waals surface area contributed by atoms with Crippen LogP contribution in [0.3, 0.4) is 0 Å². The Morgan fingerprint density at radius 2 is 1.79 bits per heavy atom. The number of carbonyl (C=O) groups is 3. The van der Waals surface area contributed by atoms with E-state index in [1.165, 1.54) is 11.1 Å². The van der Waals surface area contributed by atoms with Crippen LogP contribution in [0.25, 0.3) is 0 Å². The van der Waals surface area contributed by atoms with Gasteiger partial charge in [-0.3, -0.25) is 14.5 Å². The standard InChI is InChI=1S/C21H30N4O4/c1-3-29-21(28)24-12-10-23(11-13-24)19(26)14-18-20(27)22-8-9-25(18)15-17-7-5-4-6-16(17)2/h4-7,18H,3,8-15H2,1-2H3,(H,22,27). The Balaban J connectivity index is 1.59. The van der Waals surface area contributed by atoms with Crippen molar-refractivity contribution in [1.29, 1.82) is 0 Å². The highest BCUT2D eigenvalue weighted by Gasteiger charge is 2.34. The third-order valence-corrected chi connectivity index (χ3v) is 5.60. The van der Waals surface area contributed by atoms with Gasteiger partial charge in [0.25, 0.3) is 0 Å². The first-order chi connectivity index (χ1) is 14.0. The summed E-state index contributed by atoms with van der Waals surface area (Å²) >= 11 is 0. The van der Waals surface area contributed by atoms with E-state index in [4.69, 9.17) is 4.74 Å². The molecule has 8 heteroatoms. The van der Waals surface area contributed by atoms with Crippen molar-refractivity contribution in [2.24, 2.45) is 0 Å². The van der Waals surface area contributed by atoms with Crippen LogP contribution in [-0.4, -0.2) is 84.5 Å². The van der Waals surface area contributed by atoms with Gasteiger partial charge in [0, 0.05) is 45.8 Å². The fourth-order valence-corrected chi connectivity index (χ4v) is 3.83. The van der Waals surface area contributed by atoms with E-state index >= 15 is 0 Å². The Bertz CT molecular complexity index is 746. The van der Waals surface area contributed by atoms with Crippen LogP contribution in [0.5, 0.6) is 0 Å². The molecule has 3 rings (SSSR count). The van der Waals surface area contributed by atoms with Crippen molar-refractivity contribution in [2.45, 2.75) is 32.9 Å². The third kappa shape index (κ3) is 5.26. The largest absolute Gasteiger partial charge is 0.450 e. The fourth-order valence-electron chi connectivity index (χ4n) is 3.83. The highest BCUT2D eigenvalue weighted by atomic mass is 16.6. The lowest BCUT2D eigenvalue weighted by atomic mass is 10.0. The molecule has 0 aliphatic carbocycles. The van der Waals surface area contributed by atoms with E-state index in [1.54, 1.807) is 16.7 Å². The fraction of sp³-hybridized carbons (Fsp3) is 0.571. The maximum atomic E-state index is 12.9. The molecule has 1 aromatic carbocycles. The molecule has 1 unspecified atom stereocenters. The summed E-state index contributed by atoms with van der Waals surface area (Å²) < 4.78 is 5.02. The van der Waals surface area contributed by atoms with Crippen molar-refractivity contribution in [1.82, 2.24) is 20.0 Å². The molecule has 2 fully saturated rings. The average Bonchev–Trinajstić information content (AvgIpc) is 2.72. The van der Waals surface area contributed by atoms with Crippen LogP contribution < -0.4 is 5.32 Å². The van der Waals surface area contributed by atoms with Crippen LogP contribution in [-0.2, 0) is 20.9 Å². The van der Waals surface area contributed by atoms with Gasteiger partial charge < -0.3 is 19.9 Å². The summed E-state index contributed by atoms with van der Waals surface area (Å²) in [6.07, 6.45) is -0.187. The van der Waals surface area contributed by atoms with Crippen LogP contribution in [0.15, 0.2) is 24.3 Å². The van der Waals surface area contributed by atoms with E-state index in [-0.39, 0.29) is 24.3 Å². The number of amides is 3. The summed E-state index contributed by atoms with van der Waals surface area (Å²) in [4.78, 5) is 42.6. The zero-order valence-corrected chi connectivity index (χ0v) is 17.2. The monoisotopic (exact) mass is 402 g/mol. The van der Waals surface area contributed by atoms with Gasteiger partial charge in [0.15, 0.2) is 0 Å². The highest BCUT2D eigenvalue weighted by Crippen LogP contribution is 2.18. The van der Waals surface area contributed by atoms with Gasteiger partial charge in [-0.25, -0.2) is 4.79 Å². The Labute approximate surface area is 171 Å². The van der Waals surface area contributed by atoms with Gasteiger partial charge in [0.05, 0.1) is 19.1 Å². The Morgan fingerprint density at radius 3 is 2.48 bits per heavy atom. The number of ether oxygens (including phenoxy) is 1. The molecular formula is C21H30N4O4. The van der Waals surface area contributed by atoms with Crippen molar-refractivity contribution in [3.8, 4) is 0 Å². The van der Waals surface area contributed by atoms with Crippen molar-refractivity contribution in [3.05, 3.63) is 35.4 Å². The molecule has 1 atom stereocenters. The van der Waals surface area contributed by atoms with Gasteiger partial charge >= 0.3 is 6.09 Å². The Morgan fingerprint density at radius 1 is 1.10 bits per heavy atom. The quantitative estimate of drug-likeness (QED) is 0.794. The molecule has 2 saturated heterocycles. The summed E-state index contributed by atoms with van der Waals surface area (Å²) in [5.41, 5.74) is 2.35. The zero-order chi connectivity index (χ0) is 20.8. The highest BCUT2D eigenvalue weighted by molar-refractivity contribution is 5.89. The molecule has 0 saturated carbocycles. The first kappa shape index (κ1) is 21.1. The molecule has 1 aromatic rings. The predicted molar refractivity (Wildman–Crippen MR) is 108 cm³/mol. The lowest BCUT2D eigenvalue weighted by Crippen LogP contribution is -2.57. The molecule has 1 N–H and O–H groups in total. The number of benzene rings is 1. The average molecular weight is 402 g/mol. The number of hydrogen-bond donors (Lipinski definition) is 1. The Hall–Kier alpha value is -2.61. The van der Waals surface area contributed by atoms with Crippen LogP contribution in [0, 0.1) is 6.92 Å². The maximum Gasteiger partial charge on any atom is 0.409 e. The second-order valence-corrected chi connectivity index (χ2v) is 7.47. The summed E-state index contributed by atoms with van der Waals surface area (Å²) in [5, 5.41) is 2.89. The Kier molecular flexibility index (Phi) is 7.09. The molecule has 0 radical (unpaired) electrons. The van der Waals surface area contributed by atoms with E-state index in [1.807, 2.05) is 12.1 Å². The summed E-state index contributed by atoms with van der Waals surface area (Å²) in [6.45, 7) is 7.96. The van der Waals surface area contributed by atoms with Gasteiger partial charge in [0.1, 0.15) is 0 Å². The number of piperazine rings is 2. The van der Waals surface area contributed by atoms with Crippen LogP contribution in [0.4, 0.5) is 4.79 Å². The predicted octanol–water partition coefficient (Wildman–Crippen LogP) is 0.986. The second-order valence-electron chi connectivity index (χ2n) is 7.47. The molecule has 3 amide bonds. The van der Waals surface area contributed by atoms with Crippen molar-refractivity contribution in [2.75, 3.05) is 45.9 Å². The number of hydrogen-bond acceptors (Lipinski definition) is 5. The van der Waals surface area contributed by atoms with E-state index < -0.39 is 6.04 Å². The van der Waals surface area contributed by atoms with Gasteiger partial charge in [-0.05, 0) is 25.0 Å². The molecule has 0 bridgehead atoms. The third-order valence-electron chi connectivity index (χ3n) is 5.60. The zero-order valence-electron chi connectivity index (χ0n) is 17.2. The van der Waals surface area contributed by atoms with Crippen LogP contribution in [0.2, 0.25) is 0 Å². The smallest absolute Gasteiger partial charge is 0.409 e. The number of nitrogens with zero attached hydrogens (tertiary/aromatic N) is 3. The van der Waals surface area contributed by atoms with E-state index in [0.29, 0.717) is 52.4 Å². The van der Waals surface area contributed by atoms with Crippen LogP contribution in [0.1, 0.15) is 24.5 Å². The minimum atomic E-state index is -0.473. The minimum Gasteiger partial charge on any atom is -0.450 e. The lowest BCUT2D eigenvalue weighted by Gasteiger charge is -2.38. The molecule has 29 heavy (non-hydrogen) atoms. The number of rotatable bonds is 5. The van der Waals surface area contributed by atoms with Gasteiger partial charge in [-0.15, -0.1) is 0 Å². The van der Waals surface area contributed by atoms with Gasteiger partial charge in [-0.1, -0.05) is 24.3 Å². The van der Waals surface area contributed by atoms with E-state index in [2.05, 4.69) is 29.3 Å². The molecule has 2 heterocycles. The lowest BCUT2D eigenvalue weighted by molar-refractivity contribution is -0.140. The summed E-state index contributed by atoms with van der Waals surface area (Å²) in [7, 11) is 0. The topological polar surface area (TPSA) is 82.2 Å². The second kappa shape index (κ2) is 9.73. The van der Waals surface area contributed by atoms with E-state index in [9.17, 15) is 14.4 Å². The van der Waals surface area contributed by atoms with E-state index in [0.717, 1.165) is 0 Å². The molecule has 2 aliphatic heterocycles. The normalized spacial score (nSPS) is 20.3. The van der Waals surface area contributed by atoms with Gasteiger partial charge in [-0.2, -0.15) is 0 Å². The number of nitrogens with one attached hydrogen (secondary N) is 1. The molecule has 2 aliphatic rings.